The Balaban J connectivity index is 2.66. The summed E-state index contributed by atoms with van der Waals surface area (Å²) in [5, 5.41) is 20.1. The lowest BCUT2D eigenvalue weighted by atomic mass is 10.2. The predicted octanol–water partition coefficient (Wildman–Crippen LogP) is -0.184. The van der Waals surface area contributed by atoms with E-state index in [0.717, 1.165) is 0 Å². The van der Waals surface area contributed by atoms with E-state index >= 15 is 0 Å². The first kappa shape index (κ1) is 11.2. The number of anilines is 1. The maximum absolute atomic E-state index is 11.2. The third kappa shape index (κ3) is 3.06. The number of hydrogen-bond acceptors (Lipinski definition) is 4. The summed E-state index contributed by atoms with van der Waals surface area (Å²) in [6, 6.07) is 8.27. The van der Waals surface area contributed by atoms with Crippen LogP contribution in [0, 0.1) is 11.3 Å². The van der Waals surface area contributed by atoms with Crippen molar-refractivity contribution >= 4 is 11.6 Å². The topological polar surface area (TPSA) is 99.1 Å². The number of nitrogens with two attached hydrogens (primary N) is 1. The molecule has 1 atom stereocenters. The van der Waals surface area contributed by atoms with Gasteiger partial charge in [0.25, 0.3) is 5.91 Å². The lowest BCUT2D eigenvalue weighted by Crippen LogP contribution is -2.34. The van der Waals surface area contributed by atoms with Crippen molar-refractivity contribution in [1.29, 1.82) is 5.26 Å². The third-order valence-corrected chi connectivity index (χ3v) is 1.81. The Morgan fingerprint density at radius 3 is 2.60 bits per heavy atom. The van der Waals surface area contributed by atoms with Crippen LogP contribution in [0.1, 0.15) is 5.56 Å². The van der Waals surface area contributed by atoms with Crippen molar-refractivity contribution in [3.63, 3.8) is 0 Å². The Labute approximate surface area is 87.1 Å². The molecule has 0 aliphatic heterocycles. The zero-order chi connectivity index (χ0) is 11.3. The van der Waals surface area contributed by atoms with Gasteiger partial charge >= 0.3 is 0 Å². The summed E-state index contributed by atoms with van der Waals surface area (Å²) in [4.78, 5) is 11.2. The van der Waals surface area contributed by atoms with Crippen molar-refractivity contribution in [3.8, 4) is 6.07 Å². The van der Waals surface area contributed by atoms with Crippen LogP contribution >= 0.6 is 0 Å². The van der Waals surface area contributed by atoms with E-state index < -0.39 is 12.0 Å². The molecule has 0 saturated carbocycles. The van der Waals surface area contributed by atoms with E-state index in [1.54, 1.807) is 24.3 Å². The van der Waals surface area contributed by atoms with Gasteiger partial charge in [-0.3, -0.25) is 4.79 Å². The molecular formula is C10H11N3O2. The van der Waals surface area contributed by atoms with Gasteiger partial charge in [-0.25, -0.2) is 0 Å². The number of nitrogens with one attached hydrogen (secondary N) is 1. The average Bonchev–Trinajstić information content (AvgIpc) is 2.29. The summed E-state index contributed by atoms with van der Waals surface area (Å²) in [7, 11) is 0. The normalized spacial score (nSPS) is 11.5. The summed E-state index contributed by atoms with van der Waals surface area (Å²) in [6.07, 6.45) is -1.21. The molecular weight excluding hydrogens is 194 g/mol. The summed E-state index contributed by atoms with van der Waals surface area (Å²) in [6.45, 7) is -0.123. The van der Waals surface area contributed by atoms with Crippen molar-refractivity contribution in [2.45, 2.75) is 6.10 Å². The number of benzene rings is 1. The van der Waals surface area contributed by atoms with Crippen LogP contribution in [0.2, 0.25) is 0 Å². The van der Waals surface area contributed by atoms with Crippen molar-refractivity contribution in [2.24, 2.45) is 5.73 Å². The summed E-state index contributed by atoms with van der Waals surface area (Å²) in [5.41, 5.74) is 6.15. The van der Waals surface area contributed by atoms with Crippen LogP contribution in [-0.2, 0) is 4.79 Å². The maximum Gasteiger partial charge on any atom is 0.254 e. The molecule has 0 aromatic heterocycles. The molecule has 0 radical (unpaired) electrons. The Morgan fingerprint density at radius 1 is 1.53 bits per heavy atom. The fourth-order valence-electron chi connectivity index (χ4n) is 0.961. The van der Waals surface area contributed by atoms with Crippen molar-refractivity contribution in [1.82, 2.24) is 0 Å². The molecule has 0 spiro atoms. The van der Waals surface area contributed by atoms with E-state index in [1.165, 1.54) is 0 Å². The molecule has 0 saturated heterocycles. The Hall–Kier alpha value is -1.90. The molecule has 4 N–H and O–H groups in total. The number of aliphatic hydroxyl groups is 1. The van der Waals surface area contributed by atoms with E-state index in [4.69, 9.17) is 16.1 Å². The molecule has 5 nitrogen and oxygen atoms in total. The minimum atomic E-state index is -1.21. The molecule has 1 aromatic rings. The van der Waals surface area contributed by atoms with Crippen LogP contribution in [0.15, 0.2) is 24.3 Å². The van der Waals surface area contributed by atoms with Gasteiger partial charge in [0.05, 0.1) is 11.6 Å². The van der Waals surface area contributed by atoms with Crippen LogP contribution in [0.5, 0.6) is 0 Å². The third-order valence-electron chi connectivity index (χ3n) is 1.81. The highest BCUT2D eigenvalue weighted by Crippen LogP contribution is 2.08. The van der Waals surface area contributed by atoms with Crippen LogP contribution in [0.25, 0.3) is 0 Å². The number of amides is 1. The molecule has 78 valence electrons. The standard InChI is InChI=1S/C10H11N3O2/c11-5-7-1-3-8(4-2-7)13-10(15)9(14)6-12/h1-4,9,14H,6,12H2,(H,13,15). The minimum Gasteiger partial charge on any atom is -0.382 e. The minimum absolute atomic E-state index is 0.123. The van der Waals surface area contributed by atoms with Gasteiger partial charge in [0.1, 0.15) is 6.10 Å². The van der Waals surface area contributed by atoms with Crippen LogP contribution in [0.3, 0.4) is 0 Å². The smallest absolute Gasteiger partial charge is 0.254 e. The van der Waals surface area contributed by atoms with Gasteiger partial charge in [-0.05, 0) is 24.3 Å². The van der Waals surface area contributed by atoms with Gasteiger partial charge < -0.3 is 16.2 Å². The molecule has 1 rings (SSSR count). The van der Waals surface area contributed by atoms with E-state index in [1.807, 2.05) is 6.07 Å². The molecule has 0 bridgehead atoms. The Morgan fingerprint density at radius 2 is 2.13 bits per heavy atom. The van der Waals surface area contributed by atoms with E-state index in [9.17, 15) is 4.79 Å². The monoisotopic (exact) mass is 205 g/mol. The largest absolute Gasteiger partial charge is 0.382 e. The summed E-state index contributed by atoms with van der Waals surface area (Å²) >= 11 is 0. The lowest BCUT2D eigenvalue weighted by molar-refractivity contribution is -0.123. The van der Waals surface area contributed by atoms with Gasteiger partial charge in [0, 0.05) is 12.2 Å². The van der Waals surface area contributed by atoms with Crippen LogP contribution in [0.4, 0.5) is 5.69 Å². The number of aliphatic hydroxyl groups excluding tert-OH is 1. The van der Waals surface area contributed by atoms with Gasteiger partial charge in [0.2, 0.25) is 0 Å². The molecule has 0 aliphatic rings. The van der Waals surface area contributed by atoms with E-state index in [-0.39, 0.29) is 6.54 Å². The Bertz CT molecular complexity index is 381. The summed E-state index contributed by atoms with van der Waals surface area (Å²) in [5.74, 6) is -0.554. The number of carbonyl (C=O) groups is 1. The second-order valence-electron chi connectivity index (χ2n) is 2.93. The SMILES string of the molecule is N#Cc1ccc(NC(=O)C(O)CN)cc1. The van der Waals surface area contributed by atoms with Gasteiger partial charge in [0.15, 0.2) is 0 Å². The fourth-order valence-corrected chi connectivity index (χ4v) is 0.961. The highest BCUT2D eigenvalue weighted by molar-refractivity contribution is 5.94. The van der Waals surface area contributed by atoms with Crippen molar-refractivity contribution < 1.29 is 9.90 Å². The summed E-state index contributed by atoms with van der Waals surface area (Å²) < 4.78 is 0. The highest BCUT2D eigenvalue weighted by atomic mass is 16.3. The zero-order valence-corrected chi connectivity index (χ0v) is 7.97. The van der Waals surface area contributed by atoms with Gasteiger partial charge in [-0.1, -0.05) is 0 Å². The lowest BCUT2D eigenvalue weighted by Gasteiger charge is -2.08. The zero-order valence-electron chi connectivity index (χ0n) is 7.97. The first-order valence-corrected chi connectivity index (χ1v) is 4.36. The van der Waals surface area contributed by atoms with Crippen LogP contribution in [-0.4, -0.2) is 23.7 Å². The first-order valence-electron chi connectivity index (χ1n) is 4.36. The second kappa shape index (κ2) is 5.10. The van der Waals surface area contributed by atoms with Crippen molar-refractivity contribution in [2.75, 3.05) is 11.9 Å². The predicted molar refractivity (Wildman–Crippen MR) is 54.8 cm³/mol. The number of rotatable bonds is 3. The first-order chi connectivity index (χ1) is 7.17. The molecule has 0 heterocycles. The van der Waals surface area contributed by atoms with Crippen molar-refractivity contribution in [3.05, 3.63) is 29.8 Å². The highest BCUT2D eigenvalue weighted by Gasteiger charge is 2.12. The number of carbonyl (C=O) groups excluding carboxylic acids is 1. The Kier molecular flexibility index (Phi) is 3.80. The van der Waals surface area contributed by atoms with Gasteiger partial charge in [-0.15, -0.1) is 0 Å². The quantitative estimate of drug-likeness (QED) is 0.637. The number of nitriles is 1. The van der Waals surface area contributed by atoms with E-state index in [2.05, 4.69) is 5.32 Å². The second-order valence-corrected chi connectivity index (χ2v) is 2.93. The molecule has 15 heavy (non-hydrogen) atoms. The number of nitrogens with zero attached hydrogens (tertiary/aromatic N) is 1. The number of hydrogen-bond donors (Lipinski definition) is 3. The molecule has 1 unspecified atom stereocenters. The molecule has 1 amide bonds. The molecule has 0 aliphatic carbocycles. The maximum atomic E-state index is 11.2. The van der Waals surface area contributed by atoms with Crippen LogP contribution < -0.4 is 11.1 Å². The average molecular weight is 205 g/mol. The van der Waals surface area contributed by atoms with Gasteiger partial charge in [-0.2, -0.15) is 5.26 Å². The molecule has 5 heteroatoms. The fraction of sp³-hybridized carbons (Fsp3) is 0.200. The van der Waals surface area contributed by atoms with E-state index in [0.29, 0.717) is 11.3 Å². The molecule has 0 fully saturated rings. The molecule has 1 aromatic carbocycles.